The second kappa shape index (κ2) is 11.1. The Labute approximate surface area is 197 Å². The summed E-state index contributed by atoms with van der Waals surface area (Å²) in [7, 11) is 0. The summed E-state index contributed by atoms with van der Waals surface area (Å²) in [6.07, 6.45) is 4.18. The lowest BCUT2D eigenvalue weighted by Gasteiger charge is -2.29. The van der Waals surface area contributed by atoms with Crippen molar-refractivity contribution in [2.45, 2.75) is 51.2 Å². The van der Waals surface area contributed by atoms with Crippen molar-refractivity contribution in [3.63, 3.8) is 0 Å². The number of ether oxygens (including phenoxy) is 1. The van der Waals surface area contributed by atoms with Gasteiger partial charge in [-0.05, 0) is 55.7 Å². The van der Waals surface area contributed by atoms with E-state index in [9.17, 15) is 9.59 Å². The molecule has 5 nitrogen and oxygen atoms in total. The Morgan fingerprint density at radius 3 is 2.35 bits per heavy atom. The molecule has 166 valence electrons. The van der Waals surface area contributed by atoms with E-state index in [1.165, 1.54) is 4.90 Å². The Bertz CT molecular complexity index is 915. The summed E-state index contributed by atoms with van der Waals surface area (Å²) < 4.78 is 5.62. The number of hydrogen-bond acceptors (Lipinski definition) is 3. The molecular weight excluding hydrogens is 459 g/mol. The Balaban J connectivity index is 1.72. The van der Waals surface area contributed by atoms with Crippen LogP contribution in [0.1, 0.15) is 38.2 Å². The lowest BCUT2D eigenvalue weighted by Crippen LogP contribution is -2.50. The highest BCUT2D eigenvalue weighted by molar-refractivity contribution is 6.35. The quantitative estimate of drug-likeness (QED) is 0.539. The average molecular weight is 484 g/mol. The number of rotatable bonds is 8. The smallest absolute Gasteiger partial charge is 0.261 e. The van der Waals surface area contributed by atoms with Crippen LogP contribution in [0.3, 0.4) is 0 Å². The zero-order valence-corrected chi connectivity index (χ0v) is 19.5. The maximum atomic E-state index is 13.1. The lowest BCUT2D eigenvalue weighted by molar-refractivity contribution is -0.142. The van der Waals surface area contributed by atoms with Crippen LogP contribution in [0.2, 0.25) is 15.1 Å². The van der Waals surface area contributed by atoms with E-state index >= 15 is 0 Å². The van der Waals surface area contributed by atoms with Gasteiger partial charge in [0.15, 0.2) is 6.61 Å². The molecule has 3 rings (SSSR count). The molecular formula is C23H25Cl3N2O3. The van der Waals surface area contributed by atoms with Crippen LogP contribution in [-0.2, 0) is 16.1 Å². The van der Waals surface area contributed by atoms with E-state index in [1.807, 2.05) is 12.1 Å². The first-order valence-electron chi connectivity index (χ1n) is 10.3. The number of benzene rings is 2. The third-order valence-corrected chi connectivity index (χ3v) is 6.16. The van der Waals surface area contributed by atoms with Crippen molar-refractivity contribution in [2.24, 2.45) is 0 Å². The Morgan fingerprint density at radius 2 is 1.71 bits per heavy atom. The fourth-order valence-electron chi connectivity index (χ4n) is 3.58. The summed E-state index contributed by atoms with van der Waals surface area (Å²) in [4.78, 5) is 27.4. The van der Waals surface area contributed by atoms with E-state index in [2.05, 4.69) is 5.32 Å². The van der Waals surface area contributed by atoms with Gasteiger partial charge in [0.05, 0.1) is 5.02 Å². The van der Waals surface area contributed by atoms with E-state index in [0.717, 1.165) is 31.2 Å². The zero-order chi connectivity index (χ0) is 22.4. The molecule has 2 amide bonds. The van der Waals surface area contributed by atoms with Crippen molar-refractivity contribution in [2.75, 3.05) is 6.61 Å². The van der Waals surface area contributed by atoms with Crippen molar-refractivity contribution < 1.29 is 14.3 Å². The van der Waals surface area contributed by atoms with Crippen LogP contribution in [0.15, 0.2) is 42.5 Å². The molecule has 0 aromatic heterocycles. The van der Waals surface area contributed by atoms with Crippen LogP contribution in [0.5, 0.6) is 5.75 Å². The molecule has 0 aliphatic heterocycles. The number of nitrogens with zero attached hydrogens (tertiary/aromatic N) is 1. The van der Waals surface area contributed by atoms with E-state index in [4.69, 9.17) is 39.5 Å². The average Bonchev–Trinajstić information content (AvgIpc) is 3.25. The van der Waals surface area contributed by atoms with Gasteiger partial charge in [0.25, 0.3) is 5.91 Å². The predicted molar refractivity (Wildman–Crippen MR) is 124 cm³/mol. The van der Waals surface area contributed by atoms with Crippen molar-refractivity contribution in [3.8, 4) is 5.75 Å². The molecule has 0 heterocycles. The van der Waals surface area contributed by atoms with E-state index < -0.39 is 6.04 Å². The minimum Gasteiger partial charge on any atom is -0.482 e. The fourth-order valence-corrected chi connectivity index (χ4v) is 4.16. The molecule has 0 radical (unpaired) electrons. The standard InChI is InChI=1S/C23H25Cl3N2O3/c1-15(23(30)27-19-4-2-3-5-19)28(13-16-6-8-17(24)9-7-16)22(29)14-31-21-11-10-18(25)12-20(21)26/h6-12,15,19H,2-5,13-14H2,1H3,(H,27,30). The van der Waals surface area contributed by atoms with E-state index in [-0.39, 0.29) is 31.0 Å². The SMILES string of the molecule is CC(C(=O)NC1CCCC1)N(Cc1ccc(Cl)cc1)C(=O)COc1ccc(Cl)cc1Cl. The fraction of sp³-hybridized carbons (Fsp3) is 0.391. The van der Waals surface area contributed by atoms with Gasteiger partial charge in [-0.3, -0.25) is 9.59 Å². The van der Waals surface area contributed by atoms with Crippen LogP contribution in [0.25, 0.3) is 0 Å². The van der Waals surface area contributed by atoms with Crippen LogP contribution in [-0.4, -0.2) is 35.4 Å². The molecule has 1 fully saturated rings. The van der Waals surface area contributed by atoms with Crippen molar-refractivity contribution in [1.29, 1.82) is 0 Å². The van der Waals surface area contributed by atoms with Crippen molar-refractivity contribution in [3.05, 3.63) is 63.1 Å². The molecule has 8 heteroatoms. The summed E-state index contributed by atoms with van der Waals surface area (Å²) in [6, 6.07) is 11.5. The number of halogens is 3. The molecule has 1 saturated carbocycles. The zero-order valence-electron chi connectivity index (χ0n) is 17.2. The third-order valence-electron chi connectivity index (χ3n) is 5.38. The number of hydrogen-bond donors (Lipinski definition) is 1. The molecule has 1 unspecified atom stereocenters. The van der Waals surface area contributed by atoms with Crippen LogP contribution in [0.4, 0.5) is 0 Å². The molecule has 1 aliphatic carbocycles. The monoisotopic (exact) mass is 482 g/mol. The topological polar surface area (TPSA) is 58.6 Å². The van der Waals surface area contributed by atoms with Gasteiger partial charge < -0.3 is 15.0 Å². The second-order valence-corrected chi connectivity index (χ2v) is 8.96. The summed E-state index contributed by atoms with van der Waals surface area (Å²) in [5.41, 5.74) is 0.864. The summed E-state index contributed by atoms with van der Waals surface area (Å²) in [5, 5.41) is 4.47. The Morgan fingerprint density at radius 1 is 1.06 bits per heavy atom. The molecule has 2 aromatic carbocycles. The van der Waals surface area contributed by atoms with Crippen molar-refractivity contribution in [1.82, 2.24) is 10.2 Å². The molecule has 2 aromatic rings. The van der Waals surface area contributed by atoms with Crippen LogP contribution < -0.4 is 10.1 Å². The highest BCUT2D eigenvalue weighted by atomic mass is 35.5. The maximum Gasteiger partial charge on any atom is 0.261 e. The number of carbonyl (C=O) groups is 2. The molecule has 31 heavy (non-hydrogen) atoms. The first-order chi connectivity index (χ1) is 14.8. The number of nitrogens with one attached hydrogen (secondary N) is 1. The first kappa shape index (κ1) is 23.7. The predicted octanol–water partition coefficient (Wildman–Crippen LogP) is 5.50. The number of amides is 2. The van der Waals surface area contributed by atoms with Gasteiger partial charge in [0, 0.05) is 22.6 Å². The van der Waals surface area contributed by atoms with Crippen molar-refractivity contribution >= 4 is 46.6 Å². The van der Waals surface area contributed by atoms with Gasteiger partial charge in [-0.25, -0.2) is 0 Å². The molecule has 1 N–H and O–H groups in total. The van der Waals surface area contributed by atoms with Gasteiger partial charge >= 0.3 is 0 Å². The lowest BCUT2D eigenvalue weighted by atomic mass is 10.1. The first-order valence-corrected chi connectivity index (χ1v) is 11.4. The van der Waals surface area contributed by atoms with Gasteiger partial charge in [0.2, 0.25) is 5.91 Å². The minimum atomic E-state index is -0.659. The Kier molecular flexibility index (Phi) is 8.47. The molecule has 0 bridgehead atoms. The number of carbonyl (C=O) groups excluding carboxylic acids is 2. The van der Waals surface area contributed by atoms with Gasteiger partial charge in [-0.1, -0.05) is 59.8 Å². The molecule has 1 atom stereocenters. The summed E-state index contributed by atoms with van der Waals surface area (Å²) in [6.45, 7) is 1.73. The second-order valence-electron chi connectivity index (χ2n) is 7.68. The molecule has 0 saturated heterocycles. The largest absolute Gasteiger partial charge is 0.482 e. The minimum absolute atomic E-state index is 0.168. The maximum absolute atomic E-state index is 13.1. The van der Waals surface area contributed by atoms with E-state index in [1.54, 1.807) is 37.3 Å². The molecule has 1 aliphatic rings. The summed E-state index contributed by atoms with van der Waals surface area (Å²) in [5.74, 6) is -0.136. The highest BCUT2D eigenvalue weighted by Gasteiger charge is 2.28. The van der Waals surface area contributed by atoms with E-state index in [0.29, 0.717) is 20.8 Å². The van der Waals surface area contributed by atoms with Gasteiger partial charge in [0.1, 0.15) is 11.8 Å². The summed E-state index contributed by atoms with van der Waals surface area (Å²) >= 11 is 18.0. The van der Waals surface area contributed by atoms with Crippen LogP contribution >= 0.6 is 34.8 Å². The normalized spacial score (nSPS) is 14.8. The molecule has 0 spiro atoms. The third kappa shape index (κ3) is 6.76. The van der Waals surface area contributed by atoms with Crippen LogP contribution in [0, 0.1) is 0 Å². The van der Waals surface area contributed by atoms with Gasteiger partial charge in [-0.2, -0.15) is 0 Å². The van der Waals surface area contributed by atoms with Gasteiger partial charge in [-0.15, -0.1) is 0 Å². The Hall–Kier alpha value is -1.95. The highest BCUT2D eigenvalue weighted by Crippen LogP contribution is 2.27.